The molecule has 1 aliphatic heterocycles. The van der Waals surface area contributed by atoms with Gasteiger partial charge in [-0.15, -0.1) is 0 Å². The third-order valence-corrected chi connectivity index (χ3v) is 4.54. The Balaban J connectivity index is 1.82. The molecule has 1 aromatic carbocycles. The van der Waals surface area contributed by atoms with Gasteiger partial charge in [0.15, 0.2) is 0 Å². The molecule has 1 atom stereocenters. The van der Waals surface area contributed by atoms with Gasteiger partial charge in [-0.25, -0.2) is 0 Å². The molecule has 2 rings (SSSR count). The first-order valence-corrected chi connectivity index (χ1v) is 8.56. The predicted octanol–water partition coefficient (Wildman–Crippen LogP) is 4.46. The molecule has 120 valence electrons. The Bertz CT molecular complexity index is 524. The molecule has 0 aromatic heterocycles. The maximum absolute atomic E-state index is 12.5. The number of anilines is 1. The zero-order valence-electron chi connectivity index (χ0n) is 13.8. The molecule has 0 spiro atoms. The molecule has 1 heterocycles. The van der Waals surface area contributed by atoms with E-state index < -0.39 is 5.92 Å². The molecule has 3 heteroatoms. The smallest absolute Gasteiger partial charge is 0.241 e. The van der Waals surface area contributed by atoms with Crippen molar-refractivity contribution < 1.29 is 9.59 Å². The number of fused-ring (bicyclic) bond motifs is 1. The van der Waals surface area contributed by atoms with Crippen LogP contribution in [0.15, 0.2) is 24.3 Å². The van der Waals surface area contributed by atoms with Crippen LogP contribution in [0.5, 0.6) is 0 Å². The molecule has 1 aliphatic rings. The van der Waals surface area contributed by atoms with Gasteiger partial charge >= 0.3 is 0 Å². The van der Waals surface area contributed by atoms with Gasteiger partial charge in [0.25, 0.3) is 0 Å². The summed E-state index contributed by atoms with van der Waals surface area (Å²) in [6.45, 7) is 2.21. The van der Waals surface area contributed by atoms with Gasteiger partial charge in [0.2, 0.25) is 5.91 Å². The number of carbonyl (C=O) groups excluding carboxylic acids is 2. The fourth-order valence-electron chi connectivity index (χ4n) is 3.19. The largest absolute Gasteiger partial charge is 0.314 e. The number of amides is 1. The lowest BCUT2D eigenvalue weighted by Gasteiger charge is -2.10. The van der Waals surface area contributed by atoms with Crippen LogP contribution in [-0.2, 0) is 9.59 Å². The number of unbranched alkanes of at least 4 members (excludes halogenated alkanes) is 6. The summed E-state index contributed by atoms with van der Waals surface area (Å²) in [5.74, 6) is -0.564. The summed E-state index contributed by atoms with van der Waals surface area (Å²) in [4.78, 5) is 26.4. The summed E-state index contributed by atoms with van der Waals surface area (Å²) in [5, 5.41) is 0. The van der Waals surface area contributed by atoms with Gasteiger partial charge in [0.05, 0.1) is 0 Å². The second-order valence-corrected chi connectivity index (χ2v) is 6.23. The number of benzene rings is 1. The number of hydrogen-bond donors (Lipinski definition) is 0. The highest BCUT2D eigenvalue weighted by Crippen LogP contribution is 2.37. The Kier molecular flexibility index (Phi) is 6.17. The lowest BCUT2D eigenvalue weighted by Crippen LogP contribution is -2.28. The highest BCUT2D eigenvalue weighted by molar-refractivity contribution is 6.17. The summed E-state index contributed by atoms with van der Waals surface area (Å²) in [6, 6.07) is 7.63. The van der Waals surface area contributed by atoms with Crippen molar-refractivity contribution in [3.63, 3.8) is 0 Å². The topological polar surface area (TPSA) is 37.4 Å². The molecule has 0 aliphatic carbocycles. The average molecular weight is 301 g/mol. The summed E-state index contributed by atoms with van der Waals surface area (Å²) in [6.07, 6.45) is 8.83. The van der Waals surface area contributed by atoms with E-state index in [1.165, 1.54) is 32.1 Å². The molecule has 0 bridgehead atoms. The molecule has 1 unspecified atom stereocenters. The van der Waals surface area contributed by atoms with E-state index in [4.69, 9.17) is 0 Å². The summed E-state index contributed by atoms with van der Waals surface area (Å²) >= 11 is 0. The molecule has 3 nitrogen and oxygen atoms in total. The van der Waals surface area contributed by atoms with Crippen molar-refractivity contribution >= 4 is 17.4 Å². The highest BCUT2D eigenvalue weighted by Gasteiger charge is 2.38. The third kappa shape index (κ3) is 3.76. The molecule has 0 N–H and O–H groups in total. The Morgan fingerprint density at radius 2 is 1.68 bits per heavy atom. The zero-order chi connectivity index (χ0) is 15.9. The van der Waals surface area contributed by atoms with Crippen molar-refractivity contribution in [3.05, 3.63) is 29.8 Å². The number of nitrogens with zero attached hydrogens (tertiary/aromatic N) is 1. The van der Waals surface area contributed by atoms with E-state index in [0.29, 0.717) is 6.42 Å². The number of hydrogen-bond acceptors (Lipinski definition) is 2. The Morgan fingerprint density at radius 3 is 2.41 bits per heavy atom. The van der Waals surface area contributed by atoms with Gasteiger partial charge in [-0.2, -0.15) is 0 Å². The average Bonchev–Trinajstić information content (AvgIpc) is 2.78. The van der Waals surface area contributed by atoms with Crippen LogP contribution in [0.1, 0.15) is 69.8 Å². The van der Waals surface area contributed by atoms with E-state index in [2.05, 4.69) is 6.92 Å². The SMILES string of the molecule is CCCCCCCCCC(=O)C1C(=O)N(C)c2ccccc21. The molecule has 0 saturated carbocycles. The molecular formula is C19H27NO2. The second-order valence-electron chi connectivity index (χ2n) is 6.23. The van der Waals surface area contributed by atoms with Gasteiger partial charge in [0, 0.05) is 19.2 Å². The number of para-hydroxylation sites is 1. The molecule has 1 amide bonds. The number of carbonyl (C=O) groups is 2. The van der Waals surface area contributed by atoms with Crippen LogP contribution in [0.4, 0.5) is 5.69 Å². The predicted molar refractivity (Wildman–Crippen MR) is 90.2 cm³/mol. The summed E-state index contributed by atoms with van der Waals surface area (Å²) in [5.41, 5.74) is 1.76. The van der Waals surface area contributed by atoms with Gasteiger partial charge < -0.3 is 4.90 Å². The molecule has 1 aromatic rings. The lowest BCUT2D eigenvalue weighted by molar-refractivity contribution is -0.128. The van der Waals surface area contributed by atoms with Gasteiger partial charge in [-0.1, -0.05) is 63.6 Å². The van der Waals surface area contributed by atoms with E-state index in [9.17, 15) is 9.59 Å². The van der Waals surface area contributed by atoms with Crippen LogP contribution < -0.4 is 4.90 Å². The summed E-state index contributed by atoms with van der Waals surface area (Å²) in [7, 11) is 1.75. The Labute approximate surface area is 133 Å². The standard InChI is InChI=1S/C19H27NO2/c1-3-4-5-6-7-8-9-14-17(21)18-15-12-10-11-13-16(15)20(2)19(18)22/h10-13,18H,3-9,14H2,1-2H3. The minimum atomic E-state index is -0.568. The minimum absolute atomic E-state index is 0.0749. The maximum atomic E-state index is 12.5. The fraction of sp³-hybridized carbons (Fsp3) is 0.579. The van der Waals surface area contributed by atoms with Crippen molar-refractivity contribution in [3.8, 4) is 0 Å². The van der Waals surface area contributed by atoms with Crippen molar-refractivity contribution in [2.24, 2.45) is 0 Å². The first kappa shape index (κ1) is 16.7. The quantitative estimate of drug-likeness (QED) is 0.499. The molecular weight excluding hydrogens is 274 g/mol. The van der Waals surface area contributed by atoms with Crippen LogP contribution in [0.3, 0.4) is 0 Å². The zero-order valence-corrected chi connectivity index (χ0v) is 13.8. The Morgan fingerprint density at radius 1 is 1.05 bits per heavy atom. The normalized spacial score (nSPS) is 16.9. The van der Waals surface area contributed by atoms with Crippen LogP contribution in [0, 0.1) is 0 Å². The third-order valence-electron chi connectivity index (χ3n) is 4.54. The first-order chi connectivity index (χ1) is 10.7. The molecule has 0 saturated heterocycles. The summed E-state index contributed by atoms with van der Waals surface area (Å²) < 4.78 is 0. The van der Waals surface area contributed by atoms with Crippen LogP contribution in [0.25, 0.3) is 0 Å². The van der Waals surface area contributed by atoms with Crippen LogP contribution in [-0.4, -0.2) is 18.7 Å². The lowest BCUT2D eigenvalue weighted by atomic mass is 9.93. The molecule has 0 fully saturated rings. The fourth-order valence-corrected chi connectivity index (χ4v) is 3.19. The van der Waals surface area contributed by atoms with E-state index in [0.717, 1.165) is 24.1 Å². The number of Topliss-reactive ketones (excluding diaryl/α,β-unsaturated/α-hetero) is 1. The minimum Gasteiger partial charge on any atom is -0.314 e. The second kappa shape index (κ2) is 8.11. The number of likely N-dealkylation sites (N-methyl/N-ethyl adjacent to an activating group) is 1. The molecule has 22 heavy (non-hydrogen) atoms. The van der Waals surface area contributed by atoms with Crippen LogP contribution in [0.2, 0.25) is 0 Å². The van der Waals surface area contributed by atoms with Gasteiger partial charge in [-0.05, 0) is 18.1 Å². The highest BCUT2D eigenvalue weighted by atomic mass is 16.2. The maximum Gasteiger partial charge on any atom is 0.241 e. The van der Waals surface area contributed by atoms with E-state index in [1.54, 1.807) is 11.9 Å². The van der Waals surface area contributed by atoms with Crippen molar-refractivity contribution in [1.82, 2.24) is 0 Å². The molecule has 0 radical (unpaired) electrons. The van der Waals surface area contributed by atoms with E-state index in [-0.39, 0.29) is 11.7 Å². The van der Waals surface area contributed by atoms with E-state index >= 15 is 0 Å². The first-order valence-electron chi connectivity index (χ1n) is 8.56. The van der Waals surface area contributed by atoms with Crippen molar-refractivity contribution in [2.75, 3.05) is 11.9 Å². The van der Waals surface area contributed by atoms with Gasteiger partial charge in [0.1, 0.15) is 11.7 Å². The van der Waals surface area contributed by atoms with Crippen molar-refractivity contribution in [2.45, 2.75) is 64.2 Å². The monoisotopic (exact) mass is 301 g/mol. The van der Waals surface area contributed by atoms with E-state index in [1.807, 2.05) is 24.3 Å². The number of ketones is 1. The van der Waals surface area contributed by atoms with Crippen LogP contribution >= 0.6 is 0 Å². The Hall–Kier alpha value is -1.64. The number of rotatable bonds is 9. The van der Waals surface area contributed by atoms with Gasteiger partial charge in [-0.3, -0.25) is 9.59 Å². The van der Waals surface area contributed by atoms with Crippen molar-refractivity contribution in [1.29, 1.82) is 0 Å².